The van der Waals surface area contributed by atoms with Gasteiger partial charge in [-0.05, 0) is 52.8 Å². The highest BCUT2D eigenvalue weighted by atomic mass is 16.3. The molecule has 3 aromatic carbocycles. The molecule has 0 heterocycles. The van der Waals surface area contributed by atoms with Crippen LogP contribution in [0.15, 0.2) is 60.7 Å². The van der Waals surface area contributed by atoms with Crippen LogP contribution in [0.3, 0.4) is 0 Å². The van der Waals surface area contributed by atoms with Crippen molar-refractivity contribution in [2.45, 2.75) is 13.3 Å². The third-order valence-electron chi connectivity index (χ3n) is 4.35. The Morgan fingerprint density at radius 2 is 1.29 bits per heavy atom. The molecule has 1 nitrogen and oxygen atoms in total. The van der Waals surface area contributed by atoms with E-state index in [4.69, 9.17) is 0 Å². The van der Waals surface area contributed by atoms with Gasteiger partial charge in [-0.2, -0.15) is 0 Å². The summed E-state index contributed by atoms with van der Waals surface area (Å²) >= 11 is 0. The molecule has 0 unspecified atom stereocenters. The maximum atomic E-state index is 10.5. The van der Waals surface area contributed by atoms with Gasteiger partial charge in [-0.3, -0.25) is 0 Å². The number of benzene rings is 3. The highest BCUT2D eigenvalue weighted by Crippen LogP contribution is 2.46. The van der Waals surface area contributed by atoms with Crippen molar-refractivity contribution < 1.29 is 5.11 Å². The quantitative estimate of drug-likeness (QED) is 0.481. The van der Waals surface area contributed by atoms with Gasteiger partial charge in [0.2, 0.25) is 0 Å². The summed E-state index contributed by atoms with van der Waals surface area (Å²) in [5.74, 6) is 0.361. The van der Waals surface area contributed by atoms with Crippen molar-refractivity contribution in [1.29, 1.82) is 0 Å². The van der Waals surface area contributed by atoms with Crippen molar-refractivity contribution in [2.24, 2.45) is 0 Å². The third-order valence-corrected chi connectivity index (χ3v) is 4.35. The third kappa shape index (κ3) is 1.78. The van der Waals surface area contributed by atoms with Crippen LogP contribution in [0.5, 0.6) is 5.75 Å². The lowest BCUT2D eigenvalue weighted by Crippen LogP contribution is -1.90. The maximum absolute atomic E-state index is 10.5. The fraction of sp³-hybridized carbons (Fsp3) is 0.100. The molecule has 0 saturated carbocycles. The number of rotatable bonds is 0. The monoisotopic (exact) mass is 272 g/mol. The SMILES string of the molecule is Cc1ccc(O)c2c1-c1ccccc1Cc1ccccc1-2. The first-order valence-corrected chi connectivity index (χ1v) is 7.25. The number of fused-ring (bicyclic) bond motifs is 5. The first-order chi connectivity index (χ1) is 10.3. The predicted molar refractivity (Wildman–Crippen MR) is 86.5 cm³/mol. The van der Waals surface area contributed by atoms with E-state index >= 15 is 0 Å². The summed E-state index contributed by atoms with van der Waals surface area (Å²) in [5, 5.41) is 10.5. The summed E-state index contributed by atoms with van der Waals surface area (Å²) in [6.45, 7) is 2.11. The van der Waals surface area contributed by atoms with Crippen molar-refractivity contribution >= 4 is 0 Å². The molecule has 0 amide bonds. The van der Waals surface area contributed by atoms with Gasteiger partial charge in [0.1, 0.15) is 5.75 Å². The average molecular weight is 272 g/mol. The Bertz CT molecular complexity index is 776. The molecule has 1 aliphatic rings. The van der Waals surface area contributed by atoms with E-state index in [1.54, 1.807) is 6.07 Å². The van der Waals surface area contributed by atoms with Crippen LogP contribution in [0.1, 0.15) is 16.7 Å². The second-order valence-corrected chi connectivity index (χ2v) is 5.64. The zero-order valence-corrected chi connectivity index (χ0v) is 11.9. The summed E-state index contributed by atoms with van der Waals surface area (Å²) in [6.07, 6.45) is 0.903. The highest BCUT2D eigenvalue weighted by molar-refractivity contribution is 5.93. The largest absolute Gasteiger partial charge is 0.507 e. The Labute approximate surface area is 124 Å². The summed E-state index contributed by atoms with van der Waals surface area (Å²) in [7, 11) is 0. The van der Waals surface area contributed by atoms with Crippen LogP contribution >= 0.6 is 0 Å². The van der Waals surface area contributed by atoms with Gasteiger partial charge in [0.15, 0.2) is 0 Å². The van der Waals surface area contributed by atoms with E-state index in [1.165, 1.54) is 22.3 Å². The van der Waals surface area contributed by atoms with Gasteiger partial charge in [-0.1, -0.05) is 54.6 Å². The first-order valence-electron chi connectivity index (χ1n) is 7.25. The summed E-state index contributed by atoms with van der Waals surface area (Å²) in [6, 6.07) is 20.7. The number of phenols is 1. The number of hydrogen-bond donors (Lipinski definition) is 1. The Kier molecular flexibility index (Phi) is 2.61. The summed E-state index contributed by atoms with van der Waals surface area (Å²) in [5.41, 5.74) is 8.29. The standard InChI is InChI=1S/C20H16O/c1-13-10-11-18(21)20-17-9-5-3-7-15(17)12-14-6-2-4-8-16(14)19(13)20/h2-11,21H,12H2,1H3. The predicted octanol–water partition coefficient (Wildman–Crippen LogP) is 4.94. The highest BCUT2D eigenvalue weighted by Gasteiger charge is 2.22. The van der Waals surface area contributed by atoms with E-state index in [0.29, 0.717) is 5.75 Å². The van der Waals surface area contributed by atoms with Crippen LogP contribution in [0, 0.1) is 6.92 Å². The molecule has 3 aromatic rings. The fourth-order valence-electron chi connectivity index (χ4n) is 3.36. The van der Waals surface area contributed by atoms with Crippen LogP contribution in [-0.2, 0) is 6.42 Å². The minimum Gasteiger partial charge on any atom is -0.507 e. The van der Waals surface area contributed by atoms with E-state index in [0.717, 1.165) is 23.1 Å². The lowest BCUT2D eigenvalue weighted by molar-refractivity contribution is 0.477. The van der Waals surface area contributed by atoms with Crippen molar-refractivity contribution in [2.75, 3.05) is 0 Å². The lowest BCUT2D eigenvalue weighted by Gasteiger charge is -2.15. The Hall–Kier alpha value is -2.54. The summed E-state index contributed by atoms with van der Waals surface area (Å²) < 4.78 is 0. The average Bonchev–Trinajstić information content (AvgIpc) is 2.66. The normalized spacial score (nSPS) is 12.0. The zero-order valence-electron chi connectivity index (χ0n) is 11.9. The van der Waals surface area contributed by atoms with Crippen molar-refractivity contribution in [1.82, 2.24) is 0 Å². The van der Waals surface area contributed by atoms with Gasteiger partial charge < -0.3 is 5.11 Å². The van der Waals surface area contributed by atoms with Crippen LogP contribution in [0.25, 0.3) is 22.3 Å². The second-order valence-electron chi connectivity index (χ2n) is 5.64. The van der Waals surface area contributed by atoms with Gasteiger partial charge in [0.05, 0.1) is 0 Å². The van der Waals surface area contributed by atoms with E-state index in [1.807, 2.05) is 12.1 Å². The Morgan fingerprint density at radius 1 is 0.714 bits per heavy atom. The van der Waals surface area contributed by atoms with Crippen LogP contribution in [-0.4, -0.2) is 5.11 Å². The number of hydrogen-bond acceptors (Lipinski definition) is 1. The van der Waals surface area contributed by atoms with Crippen molar-refractivity contribution in [3.63, 3.8) is 0 Å². The van der Waals surface area contributed by atoms with Crippen molar-refractivity contribution in [3.05, 3.63) is 77.4 Å². The first kappa shape index (κ1) is 12.2. The van der Waals surface area contributed by atoms with E-state index in [-0.39, 0.29) is 0 Å². The molecule has 0 fully saturated rings. The minimum absolute atomic E-state index is 0.361. The molecule has 102 valence electrons. The maximum Gasteiger partial charge on any atom is 0.124 e. The van der Waals surface area contributed by atoms with Gasteiger partial charge >= 0.3 is 0 Å². The Balaban J connectivity index is 2.20. The molecule has 0 spiro atoms. The summed E-state index contributed by atoms with van der Waals surface area (Å²) in [4.78, 5) is 0. The minimum atomic E-state index is 0.361. The van der Waals surface area contributed by atoms with Crippen LogP contribution in [0.4, 0.5) is 0 Å². The molecule has 0 saturated heterocycles. The molecule has 1 heteroatoms. The van der Waals surface area contributed by atoms with Crippen LogP contribution in [0.2, 0.25) is 0 Å². The molecule has 0 atom stereocenters. The molecule has 1 aliphatic carbocycles. The second kappa shape index (κ2) is 4.49. The molecular formula is C20H16O. The zero-order chi connectivity index (χ0) is 14.4. The molecule has 4 rings (SSSR count). The van der Waals surface area contributed by atoms with Crippen molar-refractivity contribution in [3.8, 4) is 28.0 Å². The number of phenolic OH excluding ortho intramolecular Hbond substituents is 1. The fourth-order valence-corrected chi connectivity index (χ4v) is 3.36. The molecule has 21 heavy (non-hydrogen) atoms. The molecule has 0 aliphatic heterocycles. The lowest BCUT2D eigenvalue weighted by atomic mass is 9.90. The molecule has 0 aromatic heterocycles. The Morgan fingerprint density at radius 3 is 1.95 bits per heavy atom. The topological polar surface area (TPSA) is 20.2 Å². The molecule has 0 bridgehead atoms. The molecular weight excluding hydrogens is 256 g/mol. The smallest absolute Gasteiger partial charge is 0.124 e. The number of aryl methyl sites for hydroxylation is 1. The van der Waals surface area contributed by atoms with Gasteiger partial charge in [0, 0.05) is 5.56 Å². The molecule has 0 radical (unpaired) electrons. The van der Waals surface area contributed by atoms with E-state index < -0.39 is 0 Å². The van der Waals surface area contributed by atoms with Gasteiger partial charge in [0.25, 0.3) is 0 Å². The van der Waals surface area contributed by atoms with Gasteiger partial charge in [-0.15, -0.1) is 0 Å². The van der Waals surface area contributed by atoms with Crippen LogP contribution < -0.4 is 0 Å². The van der Waals surface area contributed by atoms with E-state index in [9.17, 15) is 5.11 Å². The van der Waals surface area contributed by atoms with E-state index in [2.05, 4.69) is 49.4 Å². The van der Waals surface area contributed by atoms with Gasteiger partial charge in [-0.25, -0.2) is 0 Å². The number of aromatic hydroxyl groups is 1. The molecule has 1 N–H and O–H groups in total.